The van der Waals surface area contributed by atoms with Crippen LogP contribution in [-0.4, -0.2) is 28.2 Å². The molecule has 144 valence electrons. The number of urea groups is 1. The molecule has 1 aliphatic rings. The number of nitrogens with zero attached hydrogens (tertiary/aromatic N) is 5. The van der Waals surface area contributed by atoms with Crippen molar-refractivity contribution < 1.29 is 9.72 Å². The van der Waals surface area contributed by atoms with Gasteiger partial charge in [-0.25, -0.2) is 4.79 Å². The Hall–Kier alpha value is -3.59. The van der Waals surface area contributed by atoms with E-state index in [1.165, 1.54) is 22.0 Å². The van der Waals surface area contributed by atoms with Crippen LogP contribution in [0.4, 0.5) is 21.9 Å². The summed E-state index contributed by atoms with van der Waals surface area (Å²) in [4.78, 5) is 29.8. The maximum atomic E-state index is 13.3. The Bertz CT molecular complexity index is 1120. The normalized spacial score (nSPS) is 14.0. The molecule has 0 atom stereocenters. The van der Waals surface area contributed by atoms with E-state index in [9.17, 15) is 14.9 Å². The Morgan fingerprint density at radius 2 is 1.83 bits per heavy atom. The van der Waals surface area contributed by atoms with E-state index in [4.69, 9.17) is 0 Å². The molecule has 0 spiro atoms. The number of hydrazone groups is 1. The SMILES string of the molecule is O=C1N(c2cccc([N+](=O)[O-])c2)CC(c2ccccn2)=NN1c1ccccc1Br. The summed E-state index contributed by atoms with van der Waals surface area (Å²) >= 11 is 3.46. The van der Waals surface area contributed by atoms with Crippen LogP contribution in [0.1, 0.15) is 5.69 Å². The molecule has 0 saturated carbocycles. The largest absolute Gasteiger partial charge is 0.350 e. The molecule has 9 heteroatoms. The van der Waals surface area contributed by atoms with Gasteiger partial charge in [-0.05, 0) is 46.3 Å². The minimum Gasteiger partial charge on any atom is -0.286 e. The Kier molecular flexibility index (Phi) is 5.05. The van der Waals surface area contributed by atoms with Gasteiger partial charge in [0.1, 0.15) is 5.71 Å². The van der Waals surface area contributed by atoms with Crippen LogP contribution in [0.5, 0.6) is 0 Å². The summed E-state index contributed by atoms with van der Waals surface area (Å²) in [6.45, 7) is 0.137. The third-order valence-electron chi connectivity index (χ3n) is 4.33. The van der Waals surface area contributed by atoms with Crippen LogP contribution in [0.2, 0.25) is 0 Å². The minimum absolute atomic E-state index is 0.0929. The van der Waals surface area contributed by atoms with Crippen molar-refractivity contribution in [2.24, 2.45) is 5.10 Å². The van der Waals surface area contributed by atoms with Crippen LogP contribution >= 0.6 is 15.9 Å². The molecule has 1 aliphatic heterocycles. The number of aromatic nitrogens is 1. The number of benzene rings is 2. The van der Waals surface area contributed by atoms with Crippen LogP contribution in [0.15, 0.2) is 82.5 Å². The number of amides is 2. The number of rotatable bonds is 4. The van der Waals surface area contributed by atoms with Gasteiger partial charge >= 0.3 is 6.03 Å². The summed E-state index contributed by atoms with van der Waals surface area (Å²) in [5, 5.41) is 17.0. The molecule has 4 rings (SSSR count). The fourth-order valence-electron chi connectivity index (χ4n) is 2.95. The van der Waals surface area contributed by atoms with Gasteiger partial charge in [0, 0.05) is 22.8 Å². The molecule has 8 nitrogen and oxygen atoms in total. The first-order chi connectivity index (χ1) is 14.0. The lowest BCUT2D eigenvalue weighted by molar-refractivity contribution is -0.384. The molecule has 29 heavy (non-hydrogen) atoms. The molecule has 0 saturated heterocycles. The zero-order valence-electron chi connectivity index (χ0n) is 15.0. The Labute approximate surface area is 174 Å². The average molecular weight is 452 g/mol. The van der Waals surface area contributed by atoms with Crippen molar-refractivity contribution in [3.05, 3.63) is 93.2 Å². The fourth-order valence-corrected chi connectivity index (χ4v) is 3.40. The number of carbonyl (C=O) groups is 1. The van der Waals surface area contributed by atoms with Gasteiger partial charge in [0.25, 0.3) is 5.69 Å². The fraction of sp³-hybridized carbons (Fsp3) is 0.0500. The van der Waals surface area contributed by atoms with E-state index in [-0.39, 0.29) is 12.2 Å². The van der Waals surface area contributed by atoms with Crippen molar-refractivity contribution in [1.29, 1.82) is 0 Å². The first kappa shape index (κ1) is 18.8. The quantitative estimate of drug-likeness (QED) is 0.427. The lowest BCUT2D eigenvalue weighted by atomic mass is 10.2. The molecule has 1 aromatic heterocycles. The molecule has 2 aromatic carbocycles. The van der Waals surface area contributed by atoms with Gasteiger partial charge in [0.05, 0.1) is 28.5 Å². The number of carbonyl (C=O) groups excluding carboxylic acids is 1. The molecule has 2 heterocycles. The first-order valence-electron chi connectivity index (χ1n) is 8.64. The molecule has 3 aromatic rings. The molecule has 0 fully saturated rings. The lowest BCUT2D eigenvalue weighted by Gasteiger charge is -2.33. The number of halogens is 1. The summed E-state index contributed by atoms with van der Waals surface area (Å²) < 4.78 is 0.693. The Morgan fingerprint density at radius 1 is 1.03 bits per heavy atom. The van der Waals surface area contributed by atoms with Crippen molar-refractivity contribution in [2.75, 3.05) is 16.5 Å². The number of para-hydroxylation sites is 1. The molecule has 0 radical (unpaired) electrons. The van der Waals surface area contributed by atoms with E-state index in [1.54, 1.807) is 42.6 Å². The molecular formula is C20H14BrN5O3. The van der Waals surface area contributed by atoms with Gasteiger partial charge < -0.3 is 0 Å². The van der Waals surface area contributed by atoms with E-state index >= 15 is 0 Å². The van der Waals surface area contributed by atoms with Crippen LogP contribution in [0.3, 0.4) is 0 Å². The Morgan fingerprint density at radius 3 is 2.55 bits per heavy atom. The highest BCUT2D eigenvalue weighted by Gasteiger charge is 2.32. The predicted octanol–water partition coefficient (Wildman–Crippen LogP) is 4.60. The second-order valence-electron chi connectivity index (χ2n) is 6.17. The zero-order chi connectivity index (χ0) is 20.4. The van der Waals surface area contributed by atoms with Crippen LogP contribution < -0.4 is 9.91 Å². The highest BCUT2D eigenvalue weighted by atomic mass is 79.9. The van der Waals surface area contributed by atoms with E-state index in [0.717, 1.165) is 0 Å². The summed E-state index contributed by atoms with van der Waals surface area (Å²) in [7, 11) is 0. The number of nitro benzene ring substituents is 1. The third kappa shape index (κ3) is 3.72. The number of nitro groups is 1. The van der Waals surface area contributed by atoms with E-state index in [0.29, 0.717) is 27.3 Å². The lowest BCUT2D eigenvalue weighted by Crippen LogP contribution is -2.49. The maximum absolute atomic E-state index is 13.3. The summed E-state index contributed by atoms with van der Waals surface area (Å²) in [5.41, 5.74) is 2.05. The van der Waals surface area contributed by atoms with Crippen molar-refractivity contribution in [3.8, 4) is 0 Å². The van der Waals surface area contributed by atoms with Gasteiger partial charge in [-0.1, -0.05) is 24.3 Å². The van der Waals surface area contributed by atoms with Crippen LogP contribution in [0, 0.1) is 10.1 Å². The van der Waals surface area contributed by atoms with Crippen molar-refractivity contribution >= 4 is 44.7 Å². The van der Waals surface area contributed by atoms with Gasteiger partial charge in [-0.2, -0.15) is 10.1 Å². The predicted molar refractivity (Wildman–Crippen MR) is 113 cm³/mol. The third-order valence-corrected chi connectivity index (χ3v) is 5.00. The van der Waals surface area contributed by atoms with Gasteiger partial charge in [-0.3, -0.25) is 20.0 Å². The highest BCUT2D eigenvalue weighted by Crippen LogP contribution is 2.31. The maximum Gasteiger partial charge on any atom is 0.350 e. The summed E-state index contributed by atoms with van der Waals surface area (Å²) in [6.07, 6.45) is 1.65. The first-order valence-corrected chi connectivity index (χ1v) is 9.43. The molecule has 0 N–H and O–H groups in total. The second kappa shape index (κ2) is 7.80. The Balaban J connectivity index is 1.83. The average Bonchev–Trinajstić information content (AvgIpc) is 2.75. The van der Waals surface area contributed by atoms with Gasteiger partial charge in [-0.15, -0.1) is 0 Å². The monoisotopic (exact) mass is 451 g/mol. The molecule has 0 aliphatic carbocycles. The molecule has 0 bridgehead atoms. The van der Waals surface area contributed by atoms with Crippen molar-refractivity contribution in [2.45, 2.75) is 0 Å². The highest BCUT2D eigenvalue weighted by molar-refractivity contribution is 9.10. The number of hydrogen-bond acceptors (Lipinski definition) is 5. The van der Waals surface area contributed by atoms with E-state index in [2.05, 4.69) is 26.0 Å². The standard InChI is InChI=1S/C20H14BrN5O3/c21-16-8-1-2-10-19(16)25-20(27)24(14-6-5-7-15(12-14)26(28)29)13-18(23-25)17-9-3-4-11-22-17/h1-12H,13H2. The van der Waals surface area contributed by atoms with Crippen LogP contribution in [-0.2, 0) is 0 Å². The smallest absolute Gasteiger partial charge is 0.286 e. The zero-order valence-corrected chi connectivity index (χ0v) is 16.6. The van der Waals surface area contributed by atoms with Gasteiger partial charge in [0.2, 0.25) is 0 Å². The van der Waals surface area contributed by atoms with E-state index in [1.807, 2.05) is 18.2 Å². The minimum atomic E-state index is -0.489. The van der Waals surface area contributed by atoms with E-state index < -0.39 is 11.0 Å². The second-order valence-corrected chi connectivity index (χ2v) is 7.02. The molecule has 0 unspecified atom stereocenters. The molecule has 2 amide bonds. The van der Waals surface area contributed by atoms with Crippen molar-refractivity contribution in [3.63, 3.8) is 0 Å². The topological polar surface area (TPSA) is 91.9 Å². The number of anilines is 2. The number of non-ortho nitro benzene ring substituents is 1. The summed E-state index contributed by atoms with van der Waals surface area (Å²) in [5.74, 6) is 0. The molecular weight excluding hydrogens is 438 g/mol. The van der Waals surface area contributed by atoms with Gasteiger partial charge in [0.15, 0.2) is 0 Å². The van der Waals surface area contributed by atoms with Crippen LogP contribution in [0.25, 0.3) is 0 Å². The van der Waals surface area contributed by atoms with Crippen molar-refractivity contribution in [1.82, 2.24) is 4.98 Å². The number of hydrogen-bond donors (Lipinski definition) is 0. The summed E-state index contributed by atoms with van der Waals surface area (Å²) in [6, 6.07) is 18.2. The number of pyridine rings is 1.